The third-order valence-electron chi connectivity index (χ3n) is 3.07. The molecule has 0 heterocycles. The molecule has 0 radical (unpaired) electrons. The molecule has 0 bridgehead atoms. The predicted octanol–water partition coefficient (Wildman–Crippen LogP) is 1.62. The van der Waals surface area contributed by atoms with Crippen LogP contribution in [0, 0.1) is 15.5 Å². The zero-order chi connectivity index (χ0) is 16.8. The Bertz CT molecular complexity index is 571. The first-order valence-corrected chi connectivity index (χ1v) is 6.71. The van der Waals surface area contributed by atoms with E-state index in [0.29, 0.717) is 5.69 Å². The number of carbonyl (C=O) groups is 2. The minimum absolute atomic E-state index is 0.0205. The second-order valence-electron chi connectivity index (χ2n) is 5.42. The molecule has 8 nitrogen and oxygen atoms in total. The van der Waals surface area contributed by atoms with Gasteiger partial charge in [-0.3, -0.25) is 19.7 Å². The first-order chi connectivity index (χ1) is 10.2. The lowest BCUT2D eigenvalue weighted by molar-refractivity contribution is -0.384. The van der Waals surface area contributed by atoms with E-state index in [0.717, 1.165) is 0 Å². The van der Waals surface area contributed by atoms with Crippen molar-refractivity contribution in [1.29, 1.82) is 0 Å². The highest BCUT2D eigenvalue weighted by atomic mass is 16.6. The van der Waals surface area contributed by atoms with Gasteiger partial charge in [0, 0.05) is 25.6 Å². The molecule has 0 aromatic heterocycles. The first kappa shape index (κ1) is 17.4. The summed E-state index contributed by atoms with van der Waals surface area (Å²) in [6.45, 7) is 3.26. The van der Waals surface area contributed by atoms with Crippen molar-refractivity contribution in [2.45, 2.75) is 20.3 Å². The average molecular weight is 309 g/mol. The Hall–Kier alpha value is -2.64. The van der Waals surface area contributed by atoms with Crippen LogP contribution in [0.25, 0.3) is 0 Å². The van der Waals surface area contributed by atoms with Gasteiger partial charge in [-0.2, -0.15) is 0 Å². The van der Waals surface area contributed by atoms with Crippen LogP contribution >= 0.6 is 0 Å². The van der Waals surface area contributed by atoms with Crippen LogP contribution in [0.4, 0.5) is 11.4 Å². The Labute approximate surface area is 127 Å². The van der Waals surface area contributed by atoms with Gasteiger partial charge in [0.25, 0.3) is 5.69 Å². The van der Waals surface area contributed by atoms with Crippen molar-refractivity contribution < 1.29 is 19.6 Å². The van der Waals surface area contributed by atoms with E-state index in [-0.39, 0.29) is 31.1 Å². The fourth-order valence-electron chi connectivity index (χ4n) is 1.58. The highest BCUT2D eigenvalue weighted by Gasteiger charge is 2.27. The number of hydrogen-bond acceptors (Lipinski definition) is 5. The summed E-state index contributed by atoms with van der Waals surface area (Å²) in [7, 11) is 0. The topological polar surface area (TPSA) is 122 Å². The molecule has 8 heteroatoms. The van der Waals surface area contributed by atoms with E-state index in [9.17, 15) is 19.7 Å². The summed E-state index contributed by atoms with van der Waals surface area (Å²) in [5.74, 6) is -1.31. The van der Waals surface area contributed by atoms with Crippen LogP contribution in [-0.2, 0) is 9.59 Å². The summed E-state index contributed by atoms with van der Waals surface area (Å²) < 4.78 is 0. The lowest BCUT2D eigenvalue weighted by atomic mass is 9.94. The molecular weight excluding hydrogens is 290 g/mol. The van der Waals surface area contributed by atoms with Crippen LogP contribution in [-0.4, -0.2) is 35.0 Å². The van der Waals surface area contributed by atoms with Crippen LogP contribution in [0.2, 0.25) is 0 Å². The van der Waals surface area contributed by atoms with E-state index in [1.807, 2.05) is 0 Å². The normalized spacial score (nSPS) is 10.8. The molecule has 0 aliphatic heterocycles. The van der Waals surface area contributed by atoms with Crippen LogP contribution in [0.1, 0.15) is 20.3 Å². The van der Waals surface area contributed by atoms with Gasteiger partial charge in [0.2, 0.25) is 5.91 Å². The zero-order valence-corrected chi connectivity index (χ0v) is 12.5. The van der Waals surface area contributed by atoms with Gasteiger partial charge in [0.15, 0.2) is 0 Å². The number of benzene rings is 1. The Morgan fingerprint density at radius 1 is 1.32 bits per heavy atom. The Kier molecular flexibility index (Phi) is 5.85. The van der Waals surface area contributed by atoms with Gasteiger partial charge in [0.1, 0.15) is 5.69 Å². The molecule has 1 amide bonds. The van der Waals surface area contributed by atoms with Gasteiger partial charge in [-0.15, -0.1) is 0 Å². The van der Waals surface area contributed by atoms with E-state index in [4.69, 9.17) is 5.11 Å². The molecule has 22 heavy (non-hydrogen) atoms. The number of amides is 1. The number of hydrogen-bond donors (Lipinski definition) is 3. The van der Waals surface area contributed by atoms with Crippen LogP contribution in [0.15, 0.2) is 24.3 Å². The second-order valence-corrected chi connectivity index (χ2v) is 5.42. The van der Waals surface area contributed by atoms with Crippen molar-refractivity contribution in [2.24, 2.45) is 5.41 Å². The van der Waals surface area contributed by atoms with E-state index >= 15 is 0 Å². The number of anilines is 1. The molecule has 0 unspecified atom stereocenters. The fourth-order valence-corrected chi connectivity index (χ4v) is 1.58. The number of nitro benzene ring substituents is 1. The summed E-state index contributed by atoms with van der Waals surface area (Å²) in [4.78, 5) is 32.9. The third kappa shape index (κ3) is 5.04. The van der Waals surface area contributed by atoms with Gasteiger partial charge >= 0.3 is 5.97 Å². The lowest BCUT2D eigenvalue weighted by Crippen LogP contribution is -2.39. The smallest absolute Gasteiger partial charge is 0.310 e. The maximum Gasteiger partial charge on any atom is 0.310 e. The summed E-state index contributed by atoms with van der Waals surface area (Å²) in [6, 6.07) is 6.15. The number of carboxylic acids is 1. The van der Waals surface area contributed by atoms with Crippen molar-refractivity contribution in [3.63, 3.8) is 0 Å². The van der Waals surface area contributed by atoms with Crippen molar-refractivity contribution in [3.05, 3.63) is 34.4 Å². The Balaban J connectivity index is 2.43. The summed E-state index contributed by atoms with van der Waals surface area (Å²) in [6.07, 6.45) is 0.0851. The molecule has 1 aromatic rings. The molecule has 1 rings (SSSR count). The minimum Gasteiger partial charge on any atom is -0.481 e. The van der Waals surface area contributed by atoms with Crippen molar-refractivity contribution in [3.8, 4) is 0 Å². The van der Waals surface area contributed by atoms with Crippen LogP contribution in [0.3, 0.4) is 0 Å². The number of nitrogens with zero attached hydrogens (tertiary/aromatic N) is 1. The SMILES string of the molecule is CC(C)(CNC(=O)CCNc1ccccc1[N+](=O)[O-])C(=O)O. The zero-order valence-electron chi connectivity index (χ0n) is 12.5. The highest BCUT2D eigenvalue weighted by Crippen LogP contribution is 2.22. The molecule has 0 fully saturated rings. The molecule has 0 aliphatic rings. The number of nitrogens with one attached hydrogen (secondary N) is 2. The van der Waals surface area contributed by atoms with Gasteiger partial charge in [-0.25, -0.2) is 0 Å². The predicted molar refractivity (Wildman–Crippen MR) is 80.6 cm³/mol. The molecule has 1 aromatic carbocycles. The number of para-hydroxylation sites is 2. The van der Waals surface area contributed by atoms with E-state index < -0.39 is 16.3 Å². The Morgan fingerprint density at radius 2 is 1.95 bits per heavy atom. The summed E-state index contributed by atoms with van der Waals surface area (Å²) in [5.41, 5.74) is -0.762. The Morgan fingerprint density at radius 3 is 2.55 bits per heavy atom. The number of carbonyl (C=O) groups excluding carboxylic acids is 1. The van der Waals surface area contributed by atoms with E-state index in [1.54, 1.807) is 18.2 Å². The molecule has 0 atom stereocenters. The molecular formula is C14H19N3O5. The lowest BCUT2D eigenvalue weighted by Gasteiger charge is -2.19. The summed E-state index contributed by atoms with van der Waals surface area (Å²) in [5, 5.41) is 25.1. The van der Waals surface area contributed by atoms with E-state index in [2.05, 4.69) is 10.6 Å². The number of aliphatic carboxylic acids is 1. The third-order valence-corrected chi connectivity index (χ3v) is 3.07. The van der Waals surface area contributed by atoms with Crippen LogP contribution in [0.5, 0.6) is 0 Å². The average Bonchev–Trinajstić information content (AvgIpc) is 2.45. The molecule has 3 N–H and O–H groups in total. The molecule has 0 aliphatic carbocycles. The number of nitro groups is 1. The molecule has 0 saturated heterocycles. The van der Waals surface area contributed by atoms with Crippen molar-refractivity contribution >= 4 is 23.3 Å². The van der Waals surface area contributed by atoms with Gasteiger partial charge in [0.05, 0.1) is 10.3 Å². The van der Waals surface area contributed by atoms with Gasteiger partial charge in [-0.05, 0) is 19.9 Å². The van der Waals surface area contributed by atoms with Crippen LogP contribution < -0.4 is 10.6 Å². The maximum atomic E-state index is 11.6. The quantitative estimate of drug-likeness (QED) is 0.495. The maximum absolute atomic E-state index is 11.6. The largest absolute Gasteiger partial charge is 0.481 e. The summed E-state index contributed by atoms with van der Waals surface area (Å²) >= 11 is 0. The number of rotatable bonds is 8. The molecule has 0 spiro atoms. The van der Waals surface area contributed by atoms with Crippen molar-refractivity contribution in [2.75, 3.05) is 18.4 Å². The van der Waals surface area contributed by atoms with E-state index in [1.165, 1.54) is 19.9 Å². The number of carboxylic acid groups (broad SMARTS) is 1. The monoisotopic (exact) mass is 309 g/mol. The van der Waals surface area contributed by atoms with Gasteiger partial charge < -0.3 is 15.7 Å². The first-order valence-electron chi connectivity index (χ1n) is 6.71. The second kappa shape index (κ2) is 7.39. The molecule has 120 valence electrons. The van der Waals surface area contributed by atoms with Crippen molar-refractivity contribution in [1.82, 2.24) is 5.32 Å². The highest BCUT2D eigenvalue weighted by molar-refractivity contribution is 5.79. The van der Waals surface area contributed by atoms with Gasteiger partial charge in [-0.1, -0.05) is 12.1 Å². The minimum atomic E-state index is -1.04. The standard InChI is InChI=1S/C14H19N3O5/c1-14(2,13(19)20)9-16-12(18)7-8-15-10-5-3-4-6-11(10)17(21)22/h3-6,15H,7-9H2,1-2H3,(H,16,18)(H,19,20). The molecule has 0 saturated carbocycles. The fraction of sp³-hybridized carbons (Fsp3) is 0.429.